The van der Waals surface area contributed by atoms with Gasteiger partial charge >= 0.3 is 5.97 Å². The molecule has 6 heteroatoms. The minimum atomic E-state index is -1.12. The first-order valence-electron chi connectivity index (χ1n) is 8.80. The summed E-state index contributed by atoms with van der Waals surface area (Å²) in [6.45, 7) is 1.06. The zero-order valence-electron chi connectivity index (χ0n) is 14.6. The van der Waals surface area contributed by atoms with Crippen molar-refractivity contribution in [2.24, 2.45) is 0 Å². The molecule has 2 aromatic rings. The predicted octanol–water partition coefficient (Wildman–Crippen LogP) is 1.50. The van der Waals surface area contributed by atoms with Gasteiger partial charge in [0, 0.05) is 29.5 Å². The number of carboxylic acid groups (broad SMARTS) is 2. The second-order valence-electron chi connectivity index (χ2n) is 6.00. The Balaban J connectivity index is 0.000000275. The molecule has 0 unspecified atom stereocenters. The van der Waals surface area contributed by atoms with Gasteiger partial charge in [0.05, 0.1) is 6.54 Å². The highest BCUT2D eigenvalue weighted by Gasteiger charge is 2.01. The highest BCUT2D eigenvalue weighted by molar-refractivity contribution is 5.82. The summed E-state index contributed by atoms with van der Waals surface area (Å²) in [5.41, 5.74) is 6.57. The van der Waals surface area contributed by atoms with Gasteiger partial charge in [-0.3, -0.25) is 4.79 Å². The number of benzene rings is 1. The molecule has 0 fully saturated rings. The lowest BCUT2D eigenvalue weighted by molar-refractivity contribution is -0.368. The van der Waals surface area contributed by atoms with Gasteiger partial charge in [-0.15, -0.1) is 0 Å². The third kappa shape index (κ3) is 8.91. The maximum atomic E-state index is 9.88. The summed E-state index contributed by atoms with van der Waals surface area (Å²) in [6, 6.07) is 8.51. The molecule has 0 aliphatic heterocycles. The molecule has 6 nitrogen and oxygen atoms in total. The summed E-state index contributed by atoms with van der Waals surface area (Å²) in [5, 5.41) is 19.3. The fourth-order valence-corrected chi connectivity index (χ4v) is 2.55. The van der Waals surface area contributed by atoms with Crippen LogP contribution in [0.3, 0.4) is 0 Å². The number of aromatic amines is 1. The Hall–Kier alpha value is -2.34. The predicted molar refractivity (Wildman–Crippen MR) is 94.7 cm³/mol. The van der Waals surface area contributed by atoms with E-state index in [1.165, 1.54) is 42.1 Å². The molecule has 0 aliphatic rings. The summed E-state index contributed by atoms with van der Waals surface area (Å²) in [6.07, 6.45) is 7.93. The molecule has 2 rings (SSSR count). The van der Waals surface area contributed by atoms with E-state index in [1.54, 1.807) is 0 Å². The number of carboxylic acids is 2. The highest BCUT2D eigenvalue weighted by atomic mass is 16.4. The SMILES string of the molecule is O=C([O-])CCCCC(=O)O.[NH3+]CCCCCc1c[nH]c2ccccc12. The van der Waals surface area contributed by atoms with E-state index in [0.717, 1.165) is 6.54 Å². The Labute approximate surface area is 148 Å². The lowest BCUT2D eigenvalue weighted by Crippen LogP contribution is -2.50. The van der Waals surface area contributed by atoms with Crippen LogP contribution in [0.2, 0.25) is 0 Å². The average molecular weight is 348 g/mol. The van der Waals surface area contributed by atoms with E-state index in [9.17, 15) is 14.7 Å². The standard InChI is InChI=1S/C13H18N2.C6H10O4/c14-9-5-1-2-6-11-10-15-13-8-4-3-7-12(11)13;7-5(8)3-1-2-4-6(9)10/h3-4,7-8,10,15H,1-2,5-6,9,14H2;1-4H2,(H,7,8)(H,9,10). The van der Waals surface area contributed by atoms with E-state index in [0.29, 0.717) is 12.8 Å². The third-order valence-corrected chi connectivity index (χ3v) is 3.89. The molecule has 1 heterocycles. The van der Waals surface area contributed by atoms with E-state index in [-0.39, 0.29) is 12.8 Å². The Morgan fingerprint density at radius 1 is 1.04 bits per heavy atom. The number of para-hydroxylation sites is 1. The van der Waals surface area contributed by atoms with Crippen LogP contribution in [0.4, 0.5) is 0 Å². The summed E-state index contributed by atoms with van der Waals surface area (Å²) in [7, 11) is 0. The van der Waals surface area contributed by atoms with Crippen LogP contribution in [-0.4, -0.2) is 28.6 Å². The third-order valence-electron chi connectivity index (χ3n) is 3.89. The van der Waals surface area contributed by atoms with Crippen LogP contribution in [0.1, 0.15) is 50.5 Å². The molecule has 25 heavy (non-hydrogen) atoms. The monoisotopic (exact) mass is 348 g/mol. The van der Waals surface area contributed by atoms with Gasteiger partial charge in [0.15, 0.2) is 0 Å². The Kier molecular flexibility index (Phi) is 10.0. The number of fused-ring (bicyclic) bond motifs is 1. The van der Waals surface area contributed by atoms with Crippen molar-refractivity contribution in [3.05, 3.63) is 36.0 Å². The first kappa shape index (κ1) is 20.7. The number of H-pyrrole nitrogens is 1. The molecule has 0 radical (unpaired) electrons. The van der Waals surface area contributed by atoms with E-state index >= 15 is 0 Å². The van der Waals surface area contributed by atoms with Gasteiger partial charge in [-0.25, -0.2) is 0 Å². The topological polar surface area (TPSA) is 121 Å². The number of unbranched alkanes of at least 4 members (excludes halogenated alkanes) is 3. The number of aryl methyl sites for hydroxylation is 1. The molecule has 0 amide bonds. The first-order valence-corrected chi connectivity index (χ1v) is 8.80. The largest absolute Gasteiger partial charge is 0.550 e. The van der Waals surface area contributed by atoms with Crippen molar-refractivity contribution in [2.75, 3.05) is 6.54 Å². The molecule has 5 N–H and O–H groups in total. The quantitative estimate of drug-likeness (QED) is 0.563. The molecule has 0 saturated heterocycles. The Morgan fingerprint density at radius 3 is 2.44 bits per heavy atom. The number of nitrogens with one attached hydrogen (secondary N) is 1. The number of quaternary nitrogens is 1. The first-order chi connectivity index (χ1) is 12.0. The minimum absolute atomic E-state index is 0.0350. The van der Waals surface area contributed by atoms with Crippen molar-refractivity contribution >= 4 is 22.8 Å². The molecule has 138 valence electrons. The summed E-state index contributed by atoms with van der Waals surface area (Å²) < 4.78 is 0. The summed E-state index contributed by atoms with van der Waals surface area (Å²) in [5.74, 6) is -2.01. The lowest BCUT2D eigenvalue weighted by atomic mass is 10.1. The van der Waals surface area contributed by atoms with Crippen LogP contribution < -0.4 is 10.8 Å². The van der Waals surface area contributed by atoms with E-state index in [4.69, 9.17) is 5.11 Å². The van der Waals surface area contributed by atoms with Crippen LogP contribution >= 0.6 is 0 Å². The Morgan fingerprint density at radius 2 is 1.76 bits per heavy atom. The normalized spacial score (nSPS) is 10.3. The number of carbonyl (C=O) groups excluding carboxylic acids is 1. The minimum Gasteiger partial charge on any atom is -0.550 e. The van der Waals surface area contributed by atoms with Crippen molar-refractivity contribution in [1.29, 1.82) is 0 Å². The molecule has 1 aromatic heterocycles. The van der Waals surface area contributed by atoms with Crippen molar-refractivity contribution in [2.45, 2.75) is 51.4 Å². The lowest BCUT2D eigenvalue weighted by Gasteiger charge is -1.98. The van der Waals surface area contributed by atoms with Crippen molar-refractivity contribution in [3.63, 3.8) is 0 Å². The second kappa shape index (κ2) is 12.1. The smallest absolute Gasteiger partial charge is 0.303 e. The molecule has 0 bridgehead atoms. The van der Waals surface area contributed by atoms with Crippen LogP contribution in [0, 0.1) is 0 Å². The molecule has 0 spiro atoms. The van der Waals surface area contributed by atoms with Crippen LogP contribution in [0.25, 0.3) is 10.9 Å². The van der Waals surface area contributed by atoms with E-state index in [1.807, 2.05) is 0 Å². The molecular weight excluding hydrogens is 320 g/mol. The fourth-order valence-electron chi connectivity index (χ4n) is 2.55. The van der Waals surface area contributed by atoms with Gasteiger partial charge in [0.2, 0.25) is 0 Å². The number of carbonyl (C=O) groups is 2. The number of rotatable bonds is 10. The summed E-state index contributed by atoms with van der Waals surface area (Å²) >= 11 is 0. The molecule has 1 aromatic carbocycles. The van der Waals surface area contributed by atoms with Gasteiger partial charge in [0.25, 0.3) is 0 Å². The summed E-state index contributed by atoms with van der Waals surface area (Å²) in [4.78, 5) is 23.0. The zero-order valence-corrected chi connectivity index (χ0v) is 14.6. The molecule has 0 atom stereocenters. The second-order valence-corrected chi connectivity index (χ2v) is 6.00. The van der Waals surface area contributed by atoms with Gasteiger partial charge in [-0.05, 0) is 56.6 Å². The number of hydrogen-bond acceptors (Lipinski definition) is 3. The zero-order chi connectivity index (χ0) is 18.5. The van der Waals surface area contributed by atoms with Crippen LogP contribution in [0.5, 0.6) is 0 Å². The maximum absolute atomic E-state index is 9.88. The molecular formula is C19H28N2O4. The fraction of sp³-hybridized carbons (Fsp3) is 0.474. The van der Waals surface area contributed by atoms with Gasteiger partial charge < -0.3 is 25.7 Å². The van der Waals surface area contributed by atoms with Gasteiger partial charge in [-0.1, -0.05) is 18.2 Å². The molecule has 0 saturated carbocycles. The van der Waals surface area contributed by atoms with Gasteiger partial charge in [-0.2, -0.15) is 0 Å². The number of aliphatic carboxylic acids is 2. The van der Waals surface area contributed by atoms with Gasteiger partial charge in [0.1, 0.15) is 0 Å². The van der Waals surface area contributed by atoms with E-state index in [2.05, 4.69) is 41.2 Å². The van der Waals surface area contributed by atoms with Crippen molar-refractivity contribution in [1.82, 2.24) is 4.98 Å². The maximum Gasteiger partial charge on any atom is 0.303 e. The number of hydrogen-bond donors (Lipinski definition) is 3. The number of aromatic nitrogens is 1. The van der Waals surface area contributed by atoms with Crippen molar-refractivity contribution < 1.29 is 25.5 Å². The van der Waals surface area contributed by atoms with Crippen molar-refractivity contribution in [3.8, 4) is 0 Å². The molecule has 0 aliphatic carbocycles. The Bertz CT molecular complexity index is 636. The van der Waals surface area contributed by atoms with Crippen LogP contribution in [0.15, 0.2) is 30.5 Å². The van der Waals surface area contributed by atoms with Crippen LogP contribution in [-0.2, 0) is 16.0 Å². The average Bonchev–Trinajstić information content (AvgIpc) is 2.99. The highest BCUT2D eigenvalue weighted by Crippen LogP contribution is 2.19. The van der Waals surface area contributed by atoms with E-state index < -0.39 is 11.9 Å².